The zero-order valence-corrected chi connectivity index (χ0v) is 11.0. The van der Waals surface area contributed by atoms with Crippen molar-refractivity contribution in [3.8, 4) is 0 Å². The predicted molar refractivity (Wildman–Crippen MR) is 55.1 cm³/mol. The molecule has 0 aromatic carbocycles. The molecule has 110 valence electrons. The summed E-state index contributed by atoms with van der Waals surface area (Å²) in [5, 5.41) is 0. The number of hydrogen-bond acceptors (Lipinski definition) is 6. The molecule has 1 aliphatic heterocycles. The van der Waals surface area contributed by atoms with E-state index in [-0.39, 0.29) is 0 Å². The quantitative estimate of drug-likeness (QED) is 0.441. The van der Waals surface area contributed by atoms with Crippen molar-refractivity contribution >= 4 is 16.1 Å². The number of carbonyl (C=O) groups is 1. The van der Waals surface area contributed by atoms with Crippen LogP contribution < -0.4 is 0 Å². The van der Waals surface area contributed by atoms with E-state index < -0.39 is 45.1 Å². The average molecular weight is 304 g/mol. The molecule has 0 radical (unpaired) electrons. The number of hydrogen-bond donors (Lipinski definition) is 0. The summed E-state index contributed by atoms with van der Waals surface area (Å²) in [7, 11) is -4.85. The van der Waals surface area contributed by atoms with Crippen LogP contribution >= 0.6 is 0 Å². The van der Waals surface area contributed by atoms with E-state index in [0.29, 0.717) is 0 Å². The molecule has 0 fully saturated rings. The number of ether oxygens (including phenoxy) is 2. The molecule has 19 heavy (non-hydrogen) atoms. The lowest BCUT2D eigenvalue weighted by Gasteiger charge is -2.19. The highest BCUT2D eigenvalue weighted by molar-refractivity contribution is 7.87. The smallest absolute Gasteiger partial charge is 0.465 e. The number of rotatable bonds is 3. The van der Waals surface area contributed by atoms with E-state index in [1.807, 2.05) is 0 Å². The van der Waals surface area contributed by atoms with Crippen molar-refractivity contribution in [3.63, 3.8) is 0 Å². The molecule has 0 aromatic rings. The summed E-state index contributed by atoms with van der Waals surface area (Å²) in [6.45, 7) is 2.17. The van der Waals surface area contributed by atoms with Crippen molar-refractivity contribution in [1.82, 2.24) is 0 Å². The maximum Gasteiger partial charge on any atom is 0.534 e. The molecule has 0 saturated carbocycles. The Morgan fingerprint density at radius 1 is 1.37 bits per heavy atom. The minimum Gasteiger partial charge on any atom is -0.465 e. The SMILES string of the molecule is COC(=O)C1=C(OS(=O)(=O)C(F)(F)F)COC1(C)C. The Labute approximate surface area is 107 Å². The van der Waals surface area contributed by atoms with Crippen LogP contribution in [0.25, 0.3) is 0 Å². The standard InChI is InChI=1S/C9H11F3O6S/c1-8(2)6(7(13)16-3)5(4-17-8)18-19(14,15)9(10,11)12/h4H2,1-3H3. The molecule has 0 amide bonds. The van der Waals surface area contributed by atoms with Crippen LogP contribution in [0, 0.1) is 0 Å². The van der Waals surface area contributed by atoms with Crippen LogP contribution in [0.5, 0.6) is 0 Å². The van der Waals surface area contributed by atoms with E-state index >= 15 is 0 Å². The number of esters is 1. The van der Waals surface area contributed by atoms with E-state index in [9.17, 15) is 26.4 Å². The third-order valence-electron chi connectivity index (χ3n) is 2.33. The first kappa shape index (κ1) is 15.8. The lowest BCUT2D eigenvalue weighted by Crippen LogP contribution is -2.29. The van der Waals surface area contributed by atoms with Crippen molar-refractivity contribution in [1.29, 1.82) is 0 Å². The molecule has 1 heterocycles. The van der Waals surface area contributed by atoms with Crippen LogP contribution in [-0.2, 0) is 28.6 Å². The molecule has 0 N–H and O–H groups in total. The minimum absolute atomic E-state index is 0.400. The molecule has 0 saturated heterocycles. The van der Waals surface area contributed by atoms with Gasteiger partial charge in [0, 0.05) is 0 Å². The molecular weight excluding hydrogens is 293 g/mol. The predicted octanol–water partition coefficient (Wildman–Crippen LogP) is 1.09. The summed E-state index contributed by atoms with van der Waals surface area (Å²) >= 11 is 0. The maximum atomic E-state index is 12.2. The minimum atomic E-state index is -5.85. The fourth-order valence-corrected chi connectivity index (χ4v) is 1.92. The molecule has 0 unspecified atom stereocenters. The Bertz CT molecular complexity index is 517. The largest absolute Gasteiger partial charge is 0.534 e. The molecule has 0 bridgehead atoms. The van der Waals surface area contributed by atoms with Gasteiger partial charge in [-0.25, -0.2) is 4.79 Å². The molecular formula is C9H11F3O6S. The third kappa shape index (κ3) is 3.00. The monoisotopic (exact) mass is 304 g/mol. The summed E-state index contributed by atoms with van der Waals surface area (Å²) in [4.78, 5) is 11.5. The first-order chi connectivity index (χ1) is 8.42. The van der Waals surface area contributed by atoms with Crippen molar-refractivity contribution in [2.24, 2.45) is 0 Å². The van der Waals surface area contributed by atoms with Gasteiger partial charge in [0.15, 0.2) is 5.76 Å². The number of carbonyl (C=O) groups excluding carboxylic acids is 1. The molecule has 1 rings (SSSR count). The number of alkyl halides is 3. The van der Waals surface area contributed by atoms with Crippen LogP contribution in [0.3, 0.4) is 0 Å². The maximum absolute atomic E-state index is 12.2. The van der Waals surface area contributed by atoms with Gasteiger partial charge in [-0.3, -0.25) is 0 Å². The zero-order chi connectivity index (χ0) is 15.1. The van der Waals surface area contributed by atoms with E-state index in [2.05, 4.69) is 8.92 Å². The normalized spacial score (nSPS) is 19.5. The lowest BCUT2D eigenvalue weighted by atomic mass is 9.99. The van der Waals surface area contributed by atoms with E-state index in [4.69, 9.17) is 4.74 Å². The van der Waals surface area contributed by atoms with Gasteiger partial charge < -0.3 is 13.7 Å². The van der Waals surface area contributed by atoms with E-state index in [0.717, 1.165) is 7.11 Å². The second-order valence-electron chi connectivity index (χ2n) is 4.07. The highest BCUT2D eigenvalue weighted by Gasteiger charge is 2.51. The first-order valence-electron chi connectivity index (χ1n) is 4.89. The second kappa shape index (κ2) is 4.67. The molecule has 1 aliphatic rings. The Balaban J connectivity index is 3.21. The molecule has 0 atom stereocenters. The van der Waals surface area contributed by atoms with Gasteiger partial charge in [0.2, 0.25) is 0 Å². The van der Waals surface area contributed by atoms with E-state index in [1.54, 1.807) is 0 Å². The molecule has 10 heteroatoms. The topological polar surface area (TPSA) is 78.9 Å². The van der Waals surface area contributed by atoms with Gasteiger partial charge in [0.25, 0.3) is 0 Å². The van der Waals surface area contributed by atoms with Gasteiger partial charge in [0.05, 0.1) is 12.7 Å². The Morgan fingerprint density at radius 2 is 1.89 bits per heavy atom. The van der Waals surface area contributed by atoms with Gasteiger partial charge in [-0.15, -0.1) is 0 Å². The average Bonchev–Trinajstić information content (AvgIpc) is 2.51. The van der Waals surface area contributed by atoms with Crippen LogP contribution in [0.1, 0.15) is 13.8 Å². The van der Waals surface area contributed by atoms with Gasteiger partial charge in [-0.05, 0) is 13.8 Å². The second-order valence-corrected chi connectivity index (χ2v) is 5.61. The van der Waals surface area contributed by atoms with Gasteiger partial charge in [0.1, 0.15) is 12.2 Å². The van der Waals surface area contributed by atoms with Gasteiger partial charge >= 0.3 is 21.6 Å². The summed E-state index contributed by atoms with van der Waals surface area (Å²) in [6.07, 6.45) is 0. The molecule has 6 nitrogen and oxygen atoms in total. The number of methoxy groups -OCH3 is 1. The lowest BCUT2D eigenvalue weighted by molar-refractivity contribution is -0.138. The van der Waals surface area contributed by atoms with E-state index in [1.165, 1.54) is 13.8 Å². The van der Waals surface area contributed by atoms with Crippen LogP contribution in [0.4, 0.5) is 13.2 Å². The highest BCUT2D eigenvalue weighted by Crippen LogP contribution is 2.36. The van der Waals surface area contributed by atoms with Gasteiger partial charge in [-0.2, -0.15) is 21.6 Å². The molecule has 0 spiro atoms. The summed E-state index contributed by atoms with van der Waals surface area (Å²) in [5.74, 6) is -1.75. The molecule has 0 aromatic heterocycles. The Hall–Kier alpha value is -1.29. The highest BCUT2D eigenvalue weighted by atomic mass is 32.2. The summed E-state index contributed by atoms with van der Waals surface area (Å²) in [5.41, 5.74) is -7.29. The summed E-state index contributed by atoms with van der Waals surface area (Å²) in [6, 6.07) is 0. The first-order valence-corrected chi connectivity index (χ1v) is 6.30. The zero-order valence-electron chi connectivity index (χ0n) is 10.2. The van der Waals surface area contributed by atoms with Crippen LogP contribution in [0.2, 0.25) is 0 Å². The summed E-state index contributed by atoms with van der Waals surface area (Å²) < 4.78 is 71.7. The Kier molecular flexibility index (Phi) is 3.88. The fourth-order valence-electron chi connectivity index (χ4n) is 1.43. The van der Waals surface area contributed by atoms with Crippen LogP contribution in [-0.4, -0.2) is 39.2 Å². The van der Waals surface area contributed by atoms with Crippen molar-refractivity contribution < 1.29 is 40.0 Å². The molecule has 0 aliphatic carbocycles. The van der Waals surface area contributed by atoms with Crippen molar-refractivity contribution in [3.05, 3.63) is 11.3 Å². The van der Waals surface area contributed by atoms with Crippen molar-refractivity contribution in [2.75, 3.05) is 13.7 Å². The Morgan fingerprint density at radius 3 is 2.32 bits per heavy atom. The number of halogens is 3. The third-order valence-corrected chi connectivity index (χ3v) is 3.32. The van der Waals surface area contributed by atoms with Crippen molar-refractivity contribution in [2.45, 2.75) is 25.0 Å². The fraction of sp³-hybridized carbons (Fsp3) is 0.667. The van der Waals surface area contributed by atoms with Gasteiger partial charge in [-0.1, -0.05) is 0 Å². The van der Waals surface area contributed by atoms with Crippen LogP contribution in [0.15, 0.2) is 11.3 Å².